The highest BCUT2D eigenvalue weighted by Gasteiger charge is 2.26. The number of methoxy groups -OCH3 is 1. The Morgan fingerprint density at radius 1 is 0.621 bits per heavy atom. The molecule has 29 nitrogen and oxygen atoms in total. The number of ether oxygens (including phenoxy) is 2. The molecule has 7 rings (SSSR count). The molecule has 0 radical (unpaired) electrons. The topological polar surface area (TPSA) is 447 Å². The number of nitrogens with zero attached hydrogens (tertiary/aromatic N) is 11. The van der Waals surface area contributed by atoms with Crippen molar-refractivity contribution in [2.45, 2.75) is 61.6 Å². The molecular weight excluding hydrogens is 1300 g/mol. The van der Waals surface area contributed by atoms with Gasteiger partial charge >= 0.3 is 10.6 Å². The minimum Gasteiger partial charge on any atom is -0.495 e. The second-order valence-electron chi connectivity index (χ2n) is 18.3. The van der Waals surface area contributed by atoms with Crippen LogP contribution in [0.15, 0.2) is 128 Å². The van der Waals surface area contributed by atoms with Crippen LogP contribution in [0.5, 0.6) is 17.4 Å². The van der Waals surface area contributed by atoms with Gasteiger partial charge in [0.15, 0.2) is 11.3 Å². The van der Waals surface area contributed by atoms with Crippen LogP contribution < -0.4 is 9.47 Å². The maximum atomic E-state index is 12.3. The molecule has 5 N–H and O–H groups in total. The summed E-state index contributed by atoms with van der Waals surface area (Å²) in [4.78, 5) is 4.80. The Balaban J connectivity index is 0.00000293. The minimum absolute atomic E-state index is 0.00654. The van der Waals surface area contributed by atoms with Crippen LogP contribution in [0.25, 0.3) is 16.7 Å². The summed E-state index contributed by atoms with van der Waals surface area (Å²) in [5.74, 6) is -2.09. The SMILES string of the molecule is COc1cc2nc3c(C#N)c(C)c(N=Nc4cc(C)c(N=Nc5cc(C)c(N=Nc6cc(C)c(N=Nc7ccc(Cl)cc7)cc6SCCCS(=O)(=O)O)cc5SCCCS(=O)(=O)O)cc4OCCCS(=O)(=O)O)c(O)n3c2cc1S(=O)(=O)O.O=S(=O)=O. The van der Waals surface area contributed by atoms with Crippen molar-refractivity contribution in [3.8, 4) is 23.4 Å². The van der Waals surface area contributed by atoms with Crippen molar-refractivity contribution in [1.82, 2.24) is 9.38 Å². The minimum atomic E-state index is -4.86. The lowest BCUT2D eigenvalue weighted by molar-refractivity contribution is 0.317. The first-order valence-corrected chi connectivity index (χ1v) is 34.4. The number of aromatic hydroxyl groups is 1. The molecule has 87 heavy (non-hydrogen) atoms. The van der Waals surface area contributed by atoms with Crippen molar-refractivity contribution >= 4 is 148 Å². The third-order valence-corrected chi connectivity index (χ3v) is 17.6. The van der Waals surface area contributed by atoms with Gasteiger partial charge in [0.25, 0.3) is 40.5 Å². The van der Waals surface area contributed by atoms with E-state index in [0.717, 1.165) is 10.5 Å². The second kappa shape index (κ2) is 29.5. The molecule has 2 aromatic heterocycles. The van der Waals surface area contributed by atoms with Crippen LogP contribution in [0, 0.1) is 39.0 Å². The zero-order chi connectivity index (χ0) is 64.2. The quantitative estimate of drug-likeness (QED) is 0.0154. The number of hydrogen-bond donors (Lipinski definition) is 5. The molecule has 0 atom stereocenters. The van der Waals surface area contributed by atoms with Crippen LogP contribution in [0.4, 0.5) is 45.5 Å². The first-order valence-electron chi connectivity index (χ1n) is 24.8. The van der Waals surface area contributed by atoms with Crippen LogP contribution in [-0.2, 0) is 51.1 Å². The first-order chi connectivity index (χ1) is 40.7. The number of nitriles is 1. The number of hydrogen-bond acceptors (Lipinski definition) is 26. The van der Waals surface area contributed by atoms with Gasteiger partial charge in [0, 0.05) is 32.5 Å². The van der Waals surface area contributed by atoms with Crippen LogP contribution in [0.1, 0.15) is 47.1 Å². The van der Waals surface area contributed by atoms with E-state index in [1.165, 1.54) is 55.8 Å². The summed E-state index contributed by atoms with van der Waals surface area (Å²) >= 11 is 8.48. The number of aromatic nitrogens is 2. The fourth-order valence-electron chi connectivity index (χ4n) is 7.74. The highest BCUT2D eigenvalue weighted by molar-refractivity contribution is 7.99. The molecule has 0 saturated heterocycles. The molecule has 0 amide bonds. The van der Waals surface area contributed by atoms with Gasteiger partial charge < -0.3 is 14.6 Å². The summed E-state index contributed by atoms with van der Waals surface area (Å²) in [5, 5.41) is 58.1. The summed E-state index contributed by atoms with van der Waals surface area (Å²) in [5.41, 5.74) is 3.69. The average Bonchev–Trinajstić information content (AvgIpc) is 1.63. The number of benzene rings is 5. The Morgan fingerprint density at radius 2 is 1.08 bits per heavy atom. The Hall–Kier alpha value is -7.41. The fraction of sp³-hybridized carbons (Fsp3) is 0.280. The Bertz CT molecular complexity index is 4560. The zero-order valence-electron chi connectivity index (χ0n) is 46.0. The van der Waals surface area contributed by atoms with E-state index in [-0.39, 0.29) is 93.7 Å². The molecule has 0 bridgehead atoms. The van der Waals surface area contributed by atoms with Gasteiger partial charge in [-0.3, -0.25) is 22.6 Å². The Kier molecular flexibility index (Phi) is 23.3. The van der Waals surface area contributed by atoms with E-state index in [1.54, 1.807) is 69.3 Å². The van der Waals surface area contributed by atoms with Crippen molar-refractivity contribution in [2.75, 3.05) is 42.5 Å². The molecule has 0 unspecified atom stereocenters. The maximum Gasteiger partial charge on any atom is 0.425 e. The zero-order valence-corrected chi connectivity index (χ0v) is 52.5. The van der Waals surface area contributed by atoms with Crippen LogP contribution in [0.2, 0.25) is 5.02 Å². The van der Waals surface area contributed by atoms with Gasteiger partial charge in [-0.05, 0) is 136 Å². The van der Waals surface area contributed by atoms with E-state index in [0.29, 0.717) is 59.9 Å². The summed E-state index contributed by atoms with van der Waals surface area (Å²) in [6.45, 7) is 6.37. The lowest BCUT2D eigenvalue weighted by Crippen LogP contribution is -2.08. The molecule has 0 aliphatic carbocycles. The summed E-state index contributed by atoms with van der Waals surface area (Å²) in [6.07, 6.45) is -0.0112. The lowest BCUT2D eigenvalue weighted by atomic mass is 10.1. The van der Waals surface area contributed by atoms with E-state index >= 15 is 0 Å². The van der Waals surface area contributed by atoms with E-state index < -0.39 is 79.1 Å². The highest BCUT2D eigenvalue weighted by Crippen LogP contribution is 2.44. The van der Waals surface area contributed by atoms with Crippen molar-refractivity contribution in [3.63, 3.8) is 0 Å². The second-order valence-corrected chi connectivity index (χ2v) is 27.5. The number of fused-ring (bicyclic) bond motifs is 3. The molecule has 0 fully saturated rings. The Labute approximate surface area is 512 Å². The lowest BCUT2D eigenvalue weighted by Gasteiger charge is -2.12. The number of imidazole rings is 1. The van der Waals surface area contributed by atoms with E-state index in [2.05, 4.69) is 45.9 Å². The van der Waals surface area contributed by atoms with Crippen LogP contribution in [0.3, 0.4) is 0 Å². The van der Waals surface area contributed by atoms with Gasteiger partial charge in [-0.15, -0.1) is 56.6 Å². The number of thioether (sulfide) groups is 2. The van der Waals surface area contributed by atoms with Crippen molar-refractivity contribution in [2.24, 2.45) is 40.9 Å². The number of halogens is 1. The molecule has 0 aliphatic rings. The predicted octanol–water partition coefficient (Wildman–Crippen LogP) is 12.3. The van der Waals surface area contributed by atoms with Crippen molar-refractivity contribution in [1.29, 1.82) is 5.26 Å². The first kappa shape index (κ1) is 68.7. The summed E-state index contributed by atoms with van der Waals surface area (Å²) < 4.78 is 170. The average molecular weight is 1350 g/mol. The predicted molar refractivity (Wildman–Crippen MR) is 322 cm³/mol. The normalized spacial score (nSPS) is 12.4. The fourth-order valence-corrected chi connectivity index (χ4v) is 12.3. The van der Waals surface area contributed by atoms with Gasteiger partial charge in [-0.2, -0.15) is 59.4 Å². The largest absolute Gasteiger partial charge is 0.495 e. The molecule has 0 aliphatic heterocycles. The molecule has 37 heteroatoms. The monoisotopic (exact) mass is 1350 g/mol. The van der Waals surface area contributed by atoms with Gasteiger partial charge in [-0.25, -0.2) is 4.98 Å². The molecule has 5 aromatic carbocycles. The van der Waals surface area contributed by atoms with Gasteiger partial charge in [0.1, 0.15) is 33.7 Å². The highest BCUT2D eigenvalue weighted by atomic mass is 35.5. The smallest absolute Gasteiger partial charge is 0.425 e. The van der Waals surface area contributed by atoms with Crippen molar-refractivity contribution in [3.05, 3.63) is 106 Å². The summed E-state index contributed by atoms with van der Waals surface area (Å²) in [6, 6.07) is 20.7. The van der Waals surface area contributed by atoms with E-state index in [9.17, 15) is 62.3 Å². The van der Waals surface area contributed by atoms with E-state index in [4.69, 9.17) is 33.7 Å². The van der Waals surface area contributed by atoms with Crippen molar-refractivity contribution < 1.29 is 79.1 Å². The molecule has 462 valence electrons. The molecule has 0 spiro atoms. The van der Waals surface area contributed by atoms with Gasteiger partial charge in [-0.1, -0.05) is 11.6 Å². The van der Waals surface area contributed by atoms with E-state index in [1.807, 2.05) is 6.07 Å². The third kappa shape index (κ3) is 19.8. The maximum absolute atomic E-state index is 12.3. The molecule has 2 heterocycles. The van der Waals surface area contributed by atoms with Gasteiger partial charge in [0.05, 0.1) is 76.1 Å². The van der Waals surface area contributed by atoms with Crippen LogP contribution >= 0.6 is 35.1 Å². The van der Waals surface area contributed by atoms with Crippen LogP contribution in [-0.4, -0.2) is 121 Å². The Morgan fingerprint density at radius 3 is 1.56 bits per heavy atom. The number of aryl methyl sites for hydroxylation is 3. The standard InChI is InChI=1S/C50H50ClN11O15S6.O3S/c1-28-19-39(58-61-48-31(4)34(27-52)49-53-38-23-44(76-5)47(83(73,74)75)26-42(38)62(49)50(48)63)43(77-13-6-16-80(64,65)66)22-35(28)56-59-40-21-30(3)37(25-46(40)79-15-8-18-82(70,71)72)57-60-41-20-29(2)36(55-54-33-11-9-32(51)10-12-33)24-45(41)78-14-7-17-81(67,68)69;1-4(2)3/h9-12,19-26,63H,6-8,13-18H2,1-5H3,(H,64,65,66)(H,67,68,69)(H,70,71,72)(H,73,74,75);. The third-order valence-electron chi connectivity index (χ3n) is 11.8. The molecule has 7 aromatic rings. The molecular formula is C50H50ClN11O18S7. The number of pyridine rings is 1. The summed E-state index contributed by atoms with van der Waals surface area (Å²) in [7, 11) is -19.7. The molecule has 0 saturated carbocycles. The number of rotatable bonds is 25. The van der Waals surface area contributed by atoms with Gasteiger partial charge in [0.2, 0.25) is 5.88 Å². The number of azo groups is 4.